The standard InChI is InChI=1S/C7H11FN2/c1-5(2)3-6-4-9-10-7(6)8/h4-5H,3H2,1-2H3,(H,9,10). The summed E-state index contributed by atoms with van der Waals surface area (Å²) in [5, 5.41) is 5.86. The Kier molecular flexibility index (Phi) is 2.04. The van der Waals surface area contributed by atoms with Crippen molar-refractivity contribution in [3.63, 3.8) is 0 Å². The highest BCUT2D eigenvalue weighted by atomic mass is 19.1. The van der Waals surface area contributed by atoms with Crippen molar-refractivity contribution >= 4 is 0 Å². The fourth-order valence-electron chi connectivity index (χ4n) is 0.881. The number of rotatable bonds is 2. The van der Waals surface area contributed by atoms with Gasteiger partial charge in [0.05, 0.1) is 0 Å². The van der Waals surface area contributed by atoms with Gasteiger partial charge in [-0.1, -0.05) is 13.8 Å². The Bertz CT molecular complexity index is 205. The molecule has 0 spiro atoms. The molecule has 2 nitrogen and oxygen atoms in total. The summed E-state index contributed by atoms with van der Waals surface area (Å²) in [6, 6.07) is 0. The monoisotopic (exact) mass is 142 g/mol. The summed E-state index contributed by atoms with van der Waals surface area (Å²) in [6.07, 6.45) is 2.36. The van der Waals surface area contributed by atoms with Gasteiger partial charge >= 0.3 is 0 Å². The normalized spacial score (nSPS) is 10.8. The minimum Gasteiger partial charge on any atom is -0.282 e. The van der Waals surface area contributed by atoms with Gasteiger partial charge < -0.3 is 0 Å². The maximum absolute atomic E-state index is 12.6. The second kappa shape index (κ2) is 2.82. The molecule has 0 aromatic carbocycles. The lowest BCUT2D eigenvalue weighted by Gasteiger charge is -1.99. The van der Waals surface area contributed by atoms with E-state index < -0.39 is 0 Å². The van der Waals surface area contributed by atoms with Gasteiger partial charge in [0, 0.05) is 11.8 Å². The molecule has 0 amide bonds. The van der Waals surface area contributed by atoms with Crippen molar-refractivity contribution < 1.29 is 4.39 Å². The summed E-state index contributed by atoms with van der Waals surface area (Å²) in [7, 11) is 0. The van der Waals surface area contributed by atoms with Crippen molar-refractivity contribution in [2.24, 2.45) is 5.92 Å². The molecule has 0 unspecified atom stereocenters. The molecule has 0 atom stereocenters. The molecular weight excluding hydrogens is 131 g/mol. The summed E-state index contributed by atoms with van der Waals surface area (Å²) in [5.41, 5.74) is 0.676. The summed E-state index contributed by atoms with van der Waals surface area (Å²) in [4.78, 5) is 0. The smallest absolute Gasteiger partial charge is 0.235 e. The number of aromatic nitrogens is 2. The molecule has 0 aliphatic carbocycles. The van der Waals surface area contributed by atoms with Crippen LogP contribution in [0.25, 0.3) is 0 Å². The Morgan fingerprint density at radius 2 is 2.40 bits per heavy atom. The average molecular weight is 142 g/mol. The van der Waals surface area contributed by atoms with Crippen molar-refractivity contribution in [3.8, 4) is 0 Å². The molecule has 0 saturated carbocycles. The van der Waals surface area contributed by atoms with Crippen LogP contribution in [-0.2, 0) is 6.42 Å². The van der Waals surface area contributed by atoms with E-state index in [-0.39, 0.29) is 5.95 Å². The van der Waals surface area contributed by atoms with Crippen LogP contribution in [-0.4, -0.2) is 10.2 Å². The molecule has 0 radical (unpaired) electrons. The first-order valence-electron chi connectivity index (χ1n) is 3.38. The van der Waals surface area contributed by atoms with E-state index >= 15 is 0 Å². The zero-order valence-corrected chi connectivity index (χ0v) is 6.19. The van der Waals surface area contributed by atoms with Gasteiger partial charge in [-0.25, -0.2) is 0 Å². The Labute approximate surface area is 59.5 Å². The van der Waals surface area contributed by atoms with Gasteiger partial charge in [0.2, 0.25) is 5.95 Å². The van der Waals surface area contributed by atoms with Gasteiger partial charge in [0.1, 0.15) is 0 Å². The van der Waals surface area contributed by atoms with E-state index in [0.717, 1.165) is 6.42 Å². The van der Waals surface area contributed by atoms with Crippen LogP contribution in [0.5, 0.6) is 0 Å². The average Bonchev–Trinajstić information content (AvgIpc) is 2.15. The number of H-pyrrole nitrogens is 1. The number of hydrogen-bond acceptors (Lipinski definition) is 1. The van der Waals surface area contributed by atoms with Crippen molar-refractivity contribution in [3.05, 3.63) is 17.7 Å². The minimum atomic E-state index is -0.367. The van der Waals surface area contributed by atoms with Crippen LogP contribution in [0.4, 0.5) is 4.39 Å². The molecule has 1 aromatic rings. The topological polar surface area (TPSA) is 28.7 Å². The molecule has 1 aromatic heterocycles. The van der Waals surface area contributed by atoms with Crippen molar-refractivity contribution in [2.75, 3.05) is 0 Å². The summed E-state index contributed by atoms with van der Waals surface area (Å²) in [5.74, 6) is 0.112. The van der Waals surface area contributed by atoms with Crippen molar-refractivity contribution in [2.45, 2.75) is 20.3 Å². The third-order valence-corrected chi connectivity index (χ3v) is 1.29. The van der Waals surface area contributed by atoms with E-state index in [9.17, 15) is 4.39 Å². The van der Waals surface area contributed by atoms with Gasteiger partial charge in [0.25, 0.3) is 0 Å². The molecular formula is C7H11FN2. The zero-order chi connectivity index (χ0) is 7.56. The van der Waals surface area contributed by atoms with E-state index in [2.05, 4.69) is 10.2 Å². The third kappa shape index (κ3) is 1.56. The SMILES string of the molecule is CC(C)Cc1c[nH]nc1F. The fourth-order valence-corrected chi connectivity index (χ4v) is 0.881. The molecule has 10 heavy (non-hydrogen) atoms. The second-order valence-corrected chi connectivity index (χ2v) is 2.80. The van der Waals surface area contributed by atoms with Crippen LogP contribution in [0.2, 0.25) is 0 Å². The first-order chi connectivity index (χ1) is 4.70. The largest absolute Gasteiger partial charge is 0.282 e. The maximum Gasteiger partial charge on any atom is 0.235 e. The molecule has 1 heterocycles. The molecule has 0 aliphatic heterocycles. The molecule has 3 heteroatoms. The quantitative estimate of drug-likeness (QED) is 0.669. The van der Waals surface area contributed by atoms with Gasteiger partial charge in [0.15, 0.2) is 0 Å². The van der Waals surface area contributed by atoms with E-state index in [1.807, 2.05) is 13.8 Å². The molecule has 0 fully saturated rings. The van der Waals surface area contributed by atoms with Crippen LogP contribution in [0, 0.1) is 11.9 Å². The van der Waals surface area contributed by atoms with E-state index in [1.54, 1.807) is 6.20 Å². The summed E-state index contributed by atoms with van der Waals surface area (Å²) >= 11 is 0. The Morgan fingerprint density at radius 1 is 1.70 bits per heavy atom. The highest BCUT2D eigenvalue weighted by Gasteiger charge is 2.05. The number of nitrogens with zero attached hydrogens (tertiary/aromatic N) is 1. The molecule has 0 aliphatic rings. The van der Waals surface area contributed by atoms with Gasteiger partial charge in [-0.3, -0.25) is 5.10 Å². The lowest BCUT2D eigenvalue weighted by atomic mass is 10.1. The van der Waals surface area contributed by atoms with Crippen LogP contribution >= 0.6 is 0 Å². The fraction of sp³-hybridized carbons (Fsp3) is 0.571. The lowest BCUT2D eigenvalue weighted by molar-refractivity contribution is 0.546. The molecule has 56 valence electrons. The van der Waals surface area contributed by atoms with E-state index in [1.165, 1.54) is 0 Å². The number of nitrogens with one attached hydrogen (secondary N) is 1. The molecule has 0 bridgehead atoms. The van der Waals surface area contributed by atoms with Gasteiger partial charge in [-0.2, -0.15) is 4.39 Å². The van der Waals surface area contributed by atoms with Crippen LogP contribution in [0.1, 0.15) is 19.4 Å². The predicted molar refractivity (Wildman–Crippen MR) is 37.1 cm³/mol. The number of hydrogen-bond donors (Lipinski definition) is 1. The highest BCUT2D eigenvalue weighted by Crippen LogP contribution is 2.08. The third-order valence-electron chi connectivity index (χ3n) is 1.29. The lowest BCUT2D eigenvalue weighted by Crippen LogP contribution is -1.94. The predicted octanol–water partition coefficient (Wildman–Crippen LogP) is 1.75. The van der Waals surface area contributed by atoms with Crippen molar-refractivity contribution in [1.29, 1.82) is 0 Å². The molecule has 1 rings (SSSR count). The number of halogens is 1. The van der Waals surface area contributed by atoms with Crippen LogP contribution in [0.15, 0.2) is 6.20 Å². The second-order valence-electron chi connectivity index (χ2n) is 2.80. The van der Waals surface area contributed by atoms with Crippen molar-refractivity contribution in [1.82, 2.24) is 10.2 Å². The minimum absolute atomic E-state index is 0.367. The Morgan fingerprint density at radius 3 is 2.80 bits per heavy atom. The first-order valence-corrected chi connectivity index (χ1v) is 3.38. The zero-order valence-electron chi connectivity index (χ0n) is 6.19. The van der Waals surface area contributed by atoms with Crippen LogP contribution in [0.3, 0.4) is 0 Å². The van der Waals surface area contributed by atoms with Gasteiger partial charge in [-0.15, -0.1) is 5.10 Å². The Hall–Kier alpha value is -0.860. The number of aromatic amines is 1. The van der Waals surface area contributed by atoms with E-state index in [0.29, 0.717) is 11.5 Å². The van der Waals surface area contributed by atoms with Gasteiger partial charge in [-0.05, 0) is 12.3 Å². The highest BCUT2D eigenvalue weighted by molar-refractivity contribution is 5.05. The Balaban J connectivity index is 2.65. The summed E-state index contributed by atoms with van der Waals surface area (Å²) in [6.45, 7) is 4.10. The first kappa shape index (κ1) is 7.25. The van der Waals surface area contributed by atoms with E-state index in [4.69, 9.17) is 0 Å². The summed E-state index contributed by atoms with van der Waals surface area (Å²) < 4.78 is 12.6. The molecule has 0 saturated heterocycles. The maximum atomic E-state index is 12.6. The van der Waals surface area contributed by atoms with Crippen LogP contribution < -0.4 is 0 Å². The molecule has 1 N–H and O–H groups in total.